The number of rotatable bonds is 7. The molecule has 2 N–H and O–H groups in total. The first kappa shape index (κ1) is 21.7. The predicted octanol–water partition coefficient (Wildman–Crippen LogP) is 6.47. The van der Waals surface area contributed by atoms with E-state index in [4.69, 9.17) is 0 Å². The van der Waals surface area contributed by atoms with Crippen LogP contribution in [-0.4, -0.2) is 17.4 Å². The molecular weight excluding hydrogens is 421 g/mol. The van der Waals surface area contributed by atoms with Gasteiger partial charge in [0, 0.05) is 23.2 Å². The molecule has 0 radical (unpaired) electrons. The number of thiazole rings is 1. The minimum absolute atomic E-state index is 0.326. The monoisotopic (exact) mass is 445 g/mol. The fraction of sp³-hybridized carbons (Fsp3) is 0.154. The number of nitrogens with one attached hydrogen (secondary N) is 2. The minimum Gasteiger partial charge on any atom is -0.384 e. The van der Waals surface area contributed by atoms with Crippen molar-refractivity contribution in [2.45, 2.75) is 20.3 Å². The van der Waals surface area contributed by atoms with Gasteiger partial charge in [0.25, 0.3) is 5.91 Å². The number of hydrogen-bond acceptors (Lipinski definition) is 4. The Kier molecular flexibility index (Phi) is 6.61. The van der Waals surface area contributed by atoms with Gasteiger partial charge in [0.15, 0.2) is 5.13 Å². The molecule has 0 saturated carbocycles. The van der Waals surface area contributed by atoms with Crippen LogP contribution in [0.25, 0.3) is 11.3 Å². The Morgan fingerprint density at radius 3 is 2.38 bits per heavy atom. The van der Waals surface area contributed by atoms with Crippen molar-refractivity contribution in [1.29, 1.82) is 0 Å². The number of hydrogen-bond donors (Lipinski definition) is 2. The lowest BCUT2D eigenvalue weighted by atomic mass is 10.1. The van der Waals surface area contributed by atoms with Crippen LogP contribution in [0.15, 0.2) is 72.1 Å². The van der Waals surface area contributed by atoms with Gasteiger partial charge in [0.2, 0.25) is 0 Å². The first-order chi connectivity index (χ1) is 15.5. The molecule has 0 spiro atoms. The number of aryl methyl sites for hydroxylation is 2. The summed E-state index contributed by atoms with van der Waals surface area (Å²) < 4.78 is 13.9. The van der Waals surface area contributed by atoms with E-state index < -0.39 is 5.82 Å². The number of anilines is 2. The molecule has 0 unspecified atom stereocenters. The molecule has 162 valence electrons. The fourth-order valence-corrected chi connectivity index (χ4v) is 4.02. The van der Waals surface area contributed by atoms with Crippen molar-refractivity contribution in [3.8, 4) is 11.3 Å². The molecule has 0 atom stereocenters. The van der Waals surface area contributed by atoms with Gasteiger partial charge in [-0.1, -0.05) is 59.7 Å². The second-order valence-electron chi connectivity index (χ2n) is 7.71. The van der Waals surface area contributed by atoms with Crippen LogP contribution in [0.3, 0.4) is 0 Å². The Labute approximate surface area is 191 Å². The van der Waals surface area contributed by atoms with Crippen LogP contribution in [-0.2, 0) is 6.42 Å². The van der Waals surface area contributed by atoms with Gasteiger partial charge in [-0.15, -0.1) is 11.3 Å². The fourth-order valence-electron chi connectivity index (χ4n) is 3.31. The molecule has 4 rings (SSSR count). The van der Waals surface area contributed by atoms with Crippen LogP contribution in [0.2, 0.25) is 0 Å². The maximum atomic E-state index is 13.9. The molecule has 1 aromatic heterocycles. The molecule has 0 aliphatic heterocycles. The molecular formula is C26H24FN3OS. The van der Waals surface area contributed by atoms with E-state index in [0.29, 0.717) is 22.9 Å². The van der Waals surface area contributed by atoms with Crippen LogP contribution in [0.4, 0.5) is 15.2 Å². The summed E-state index contributed by atoms with van der Waals surface area (Å²) in [6, 6.07) is 20.5. The third-order valence-electron chi connectivity index (χ3n) is 5.15. The molecule has 4 aromatic rings. The normalized spacial score (nSPS) is 10.7. The predicted molar refractivity (Wildman–Crippen MR) is 130 cm³/mol. The first-order valence-electron chi connectivity index (χ1n) is 10.4. The van der Waals surface area contributed by atoms with E-state index in [1.54, 1.807) is 0 Å². The average Bonchev–Trinajstić information content (AvgIpc) is 3.24. The van der Waals surface area contributed by atoms with Gasteiger partial charge >= 0.3 is 0 Å². The van der Waals surface area contributed by atoms with Crippen molar-refractivity contribution in [2.24, 2.45) is 0 Å². The third kappa shape index (κ3) is 5.39. The highest BCUT2D eigenvalue weighted by atomic mass is 32.1. The van der Waals surface area contributed by atoms with Crippen LogP contribution in [0, 0.1) is 19.7 Å². The van der Waals surface area contributed by atoms with Gasteiger partial charge in [-0.3, -0.25) is 10.1 Å². The van der Waals surface area contributed by atoms with Gasteiger partial charge in [0.1, 0.15) is 5.82 Å². The Bertz CT molecular complexity index is 1220. The second kappa shape index (κ2) is 9.75. The van der Waals surface area contributed by atoms with E-state index in [2.05, 4.69) is 39.9 Å². The summed E-state index contributed by atoms with van der Waals surface area (Å²) in [4.78, 5) is 17.4. The molecule has 1 heterocycles. The van der Waals surface area contributed by atoms with Gasteiger partial charge in [0.05, 0.1) is 11.3 Å². The Hall–Kier alpha value is -3.51. The molecule has 4 nitrogen and oxygen atoms in total. The van der Waals surface area contributed by atoms with Crippen LogP contribution in [0.1, 0.15) is 27.0 Å². The van der Waals surface area contributed by atoms with Gasteiger partial charge < -0.3 is 5.32 Å². The minimum atomic E-state index is -0.393. The maximum absolute atomic E-state index is 13.9. The standard InChI is InChI=1S/C26H24FN3OS/c1-17-3-7-19(8-4-17)13-14-28-23-15-21(27)11-12-22(23)25(31)30-26-29-24(16-32-26)20-9-5-18(2)6-10-20/h3-12,15-16,28H,13-14H2,1-2H3,(H,29,30,31). The first-order valence-corrected chi connectivity index (χ1v) is 11.3. The molecule has 0 aliphatic carbocycles. The second-order valence-corrected chi connectivity index (χ2v) is 8.57. The van der Waals surface area contributed by atoms with Gasteiger partial charge in [-0.25, -0.2) is 9.37 Å². The van der Waals surface area contributed by atoms with Crippen LogP contribution in [0.5, 0.6) is 0 Å². The molecule has 0 aliphatic rings. The molecule has 0 saturated heterocycles. The Morgan fingerprint density at radius 2 is 1.66 bits per heavy atom. The van der Waals surface area contributed by atoms with Crippen LogP contribution < -0.4 is 10.6 Å². The molecule has 6 heteroatoms. The summed E-state index contributed by atoms with van der Waals surface area (Å²) in [5.74, 6) is -0.720. The summed E-state index contributed by atoms with van der Waals surface area (Å²) in [5.41, 5.74) is 6.20. The van der Waals surface area contributed by atoms with Crippen molar-refractivity contribution in [3.63, 3.8) is 0 Å². The molecule has 0 bridgehead atoms. The lowest BCUT2D eigenvalue weighted by Crippen LogP contribution is -2.16. The van der Waals surface area contributed by atoms with Crippen molar-refractivity contribution < 1.29 is 9.18 Å². The Morgan fingerprint density at radius 1 is 0.969 bits per heavy atom. The van der Waals surface area contributed by atoms with E-state index in [1.165, 1.54) is 46.2 Å². The lowest BCUT2D eigenvalue weighted by molar-refractivity contribution is 0.102. The SMILES string of the molecule is Cc1ccc(CCNc2cc(F)ccc2C(=O)Nc2nc(-c3ccc(C)cc3)cs2)cc1. The summed E-state index contributed by atoms with van der Waals surface area (Å²) in [6.45, 7) is 4.67. The molecule has 3 aromatic carbocycles. The summed E-state index contributed by atoms with van der Waals surface area (Å²) in [5, 5.41) is 8.45. The van der Waals surface area contributed by atoms with E-state index in [9.17, 15) is 9.18 Å². The van der Waals surface area contributed by atoms with E-state index in [1.807, 2.05) is 43.5 Å². The van der Waals surface area contributed by atoms with Gasteiger partial charge in [-0.2, -0.15) is 0 Å². The molecule has 32 heavy (non-hydrogen) atoms. The third-order valence-corrected chi connectivity index (χ3v) is 5.91. The van der Waals surface area contributed by atoms with E-state index in [0.717, 1.165) is 17.7 Å². The zero-order valence-corrected chi connectivity index (χ0v) is 18.8. The van der Waals surface area contributed by atoms with Crippen LogP contribution >= 0.6 is 11.3 Å². The number of aromatic nitrogens is 1. The smallest absolute Gasteiger partial charge is 0.259 e. The maximum Gasteiger partial charge on any atom is 0.259 e. The van der Waals surface area contributed by atoms with Crippen molar-refractivity contribution in [2.75, 3.05) is 17.2 Å². The number of carbonyl (C=O) groups excluding carboxylic acids is 1. The zero-order valence-electron chi connectivity index (χ0n) is 18.0. The number of benzene rings is 3. The summed E-state index contributed by atoms with van der Waals surface area (Å²) in [6.07, 6.45) is 0.768. The number of halogens is 1. The van der Waals surface area contributed by atoms with E-state index >= 15 is 0 Å². The Balaban J connectivity index is 1.44. The number of amides is 1. The summed E-state index contributed by atoms with van der Waals surface area (Å²) in [7, 11) is 0. The summed E-state index contributed by atoms with van der Waals surface area (Å²) >= 11 is 1.36. The largest absolute Gasteiger partial charge is 0.384 e. The van der Waals surface area contributed by atoms with E-state index in [-0.39, 0.29) is 5.91 Å². The van der Waals surface area contributed by atoms with Crippen molar-refractivity contribution in [1.82, 2.24) is 4.98 Å². The highest BCUT2D eigenvalue weighted by Gasteiger charge is 2.15. The highest BCUT2D eigenvalue weighted by molar-refractivity contribution is 7.14. The number of nitrogens with zero attached hydrogens (tertiary/aromatic N) is 1. The molecule has 1 amide bonds. The highest BCUT2D eigenvalue weighted by Crippen LogP contribution is 2.26. The molecule has 0 fully saturated rings. The lowest BCUT2D eigenvalue weighted by Gasteiger charge is -2.12. The van der Waals surface area contributed by atoms with Crippen molar-refractivity contribution >= 4 is 28.1 Å². The average molecular weight is 446 g/mol. The number of carbonyl (C=O) groups is 1. The zero-order chi connectivity index (χ0) is 22.5. The van der Waals surface area contributed by atoms with Crippen molar-refractivity contribution in [3.05, 3.63) is 100 Å². The quantitative estimate of drug-likeness (QED) is 0.343. The van der Waals surface area contributed by atoms with Gasteiger partial charge in [-0.05, 0) is 44.0 Å². The topological polar surface area (TPSA) is 54.0 Å².